The molecule has 0 bridgehead atoms. The summed E-state index contributed by atoms with van der Waals surface area (Å²) < 4.78 is 0. The Morgan fingerprint density at radius 3 is 2.59 bits per heavy atom. The van der Waals surface area contributed by atoms with Gasteiger partial charge in [0.15, 0.2) is 0 Å². The number of nitrogens with zero attached hydrogens (tertiary/aromatic N) is 1. The highest BCUT2D eigenvalue weighted by Crippen LogP contribution is 2.18. The Balaban J connectivity index is 2.23. The average Bonchev–Trinajstić information content (AvgIpc) is 2.26. The van der Waals surface area contributed by atoms with Gasteiger partial charge in [0.05, 0.1) is 6.10 Å². The molecular formula is C15H25NO. The Labute approximate surface area is 105 Å². The Morgan fingerprint density at radius 2 is 2.00 bits per heavy atom. The van der Waals surface area contributed by atoms with Crippen LogP contribution in [0.15, 0.2) is 24.5 Å². The van der Waals surface area contributed by atoms with E-state index in [0.29, 0.717) is 5.92 Å². The van der Waals surface area contributed by atoms with E-state index in [2.05, 4.69) is 31.8 Å². The monoisotopic (exact) mass is 235 g/mol. The van der Waals surface area contributed by atoms with Gasteiger partial charge in [-0.25, -0.2) is 0 Å². The van der Waals surface area contributed by atoms with Crippen molar-refractivity contribution in [2.75, 3.05) is 0 Å². The lowest BCUT2D eigenvalue weighted by atomic mass is 9.92. The molecule has 0 fully saturated rings. The van der Waals surface area contributed by atoms with E-state index >= 15 is 0 Å². The van der Waals surface area contributed by atoms with Crippen molar-refractivity contribution in [2.24, 2.45) is 11.8 Å². The number of aliphatic hydroxyl groups excluding tert-OH is 1. The molecule has 0 saturated heterocycles. The van der Waals surface area contributed by atoms with Crippen molar-refractivity contribution in [1.29, 1.82) is 0 Å². The van der Waals surface area contributed by atoms with Gasteiger partial charge in [-0.15, -0.1) is 0 Å². The molecule has 0 aromatic carbocycles. The molecule has 17 heavy (non-hydrogen) atoms. The van der Waals surface area contributed by atoms with Gasteiger partial charge >= 0.3 is 0 Å². The minimum Gasteiger partial charge on any atom is -0.393 e. The molecule has 1 heterocycles. The number of aryl methyl sites for hydroxylation is 1. The Kier molecular flexibility index (Phi) is 6.20. The number of pyridine rings is 1. The summed E-state index contributed by atoms with van der Waals surface area (Å²) in [5.74, 6) is 1.33. The molecule has 1 N–H and O–H groups in total. The maximum Gasteiger partial charge on any atom is 0.0546 e. The van der Waals surface area contributed by atoms with Gasteiger partial charge in [-0.05, 0) is 49.1 Å². The van der Waals surface area contributed by atoms with Crippen LogP contribution in [-0.4, -0.2) is 16.2 Å². The van der Waals surface area contributed by atoms with Crippen molar-refractivity contribution in [3.63, 3.8) is 0 Å². The van der Waals surface area contributed by atoms with Crippen LogP contribution in [0.25, 0.3) is 0 Å². The zero-order valence-electron chi connectivity index (χ0n) is 11.3. The second kappa shape index (κ2) is 7.44. The zero-order valence-corrected chi connectivity index (χ0v) is 11.3. The highest BCUT2D eigenvalue weighted by atomic mass is 16.3. The van der Waals surface area contributed by atoms with E-state index in [0.717, 1.165) is 25.2 Å². The van der Waals surface area contributed by atoms with Crippen LogP contribution in [0.4, 0.5) is 0 Å². The molecule has 2 heteroatoms. The minimum absolute atomic E-state index is 0.177. The minimum atomic E-state index is -0.177. The van der Waals surface area contributed by atoms with Crippen molar-refractivity contribution in [3.8, 4) is 0 Å². The van der Waals surface area contributed by atoms with E-state index in [1.165, 1.54) is 12.0 Å². The molecule has 2 nitrogen and oxygen atoms in total. The van der Waals surface area contributed by atoms with Crippen LogP contribution in [0.3, 0.4) is 0 Å². The molecule has 2 atom stereocenters. The number of rotatable bonds is 7. The molecule has 0 radical (unpaired) electrons. The molecule has 1 rings (SSSR count). The molecule has 0 spiro atoms. The van der Waals surface area contributed by atoms with Crippen molar-refractivity contribution in [3.05, 3.63) is 30.1 Å². The topological polar surface area (TPSA) is 33.1 Å². The van der Waals surface area contributed by atoms with E-state index in [1.54, 1.807) is 6.20 Å². The SMILES string of the molecule is CC(C)CC(C)CC(O)CCc1cccnc1. The summed E-state index contributed by atoms with van der Waals surface area (Å²) in [6.07, 6.45) is 7.36. The van der Waals surface area contributed by atoms with Gasteiger partial charge < -0.3 is 5.11 Å². The van der Waals surface area contributed by atoms with Gasteiger partial charge in [-0.3, -0.25) is 4.98 Å². The molecule has 0 amide bonds. The van der Waals surface area contributed by atoms with Crippen molar-refractivity contribution in [2.45, 2.75) is 52.6 Å². The summed E-state index contributed by atoms with van der Waals surface area (Å²) in [5, 5.41) is 9.97. The van der Waals surface area contributed by atoms with Gasteiger partial charge in [0.25, 0.3) is 0 Å². The Bertz CT molecular complexity index is 297. The third-order valence-electron chi connectivity index (χ3n) is 3.04. The fraction of sp³-hybridized carbons (Fsp3) is 0.667. The van der Waals surface area contributed by atoms with Crippen LogP contribution in [-0.2, 0) is 6.42 Å². The van der Waals surface area contributed by atoms with E-state index in [1.807, 2.05) is 12.3 Å². The molecule has 0 saturated carbocycles. The summed E-state index contributed by atoms with van der Waals surface area (Å²) in [4.78, 5) is 4.08. The summed E-state index contributed by atoms with van der Waals surface area (Å²) in [6, 6.07) is 4.01. The second-order valence-electron chi connectivity index (χ2n) is 5.52. The predicted molar refractivity (Wildman–Crippen MR) is 71.8 cm³/mol. The summed E-state index contributed by atoms with van der Waals surface area (Å²) in [5.41, 5.74) is 1.21. The Hall–Kier alpha value is -0.890. The fourth-order valence-electron chi connectivity index (χ4n) is 2.36. The largest absolute Gasteiger partial charge is 0.393 e. The van der Waals surface area contributed by atoms with E-state index in [4.69, 9.17) is 0 Å². The average molecular weight is 235 g/mol. The number of hydrogen-bond acceptors (Lipinski definition) is 2. The highest BCUT2D eigenvalue weighted by molar-refractivity contribution is 5.08. The number of aliphatic hydroxyl groups is 1. The van der Waals surface area contributed by atoms with Gasteiger partial charge in [0, 0.05) is 12.4 Å². The van der Waals surface area contributed by atoms with Gasteiger partial charge in [0.2, 0.25) is 0 Å². The van der Waals surface area contributed by atoms with Crippen molar-refractivity contribution >= 4 is 0 Å². The van der Waals surface area contributed by atoms with Crippen LogP contribution < -0.4 is 0 Å². The quantitative estimate of drug-likeness (QED) is 0.785. The highest BCUT2D eigenvalue weighted by Gasteiger charge is 2.11. The first-order valence-electron chi connectivity index (χ1n) is 6.65. The number of aromatic nitrogens is 1. The molecule has 1 aromatic heterocycles. The van der Waals surface area contributed by atoms with Crippen LogP contribution in [0.1, 0.15) is 45.6 Å². The second-order valence-corrected chi connectivity index (χ2v) is 5.52. The molecule has 0 aliphatic rings. The first-order chi connectivity index (χ1) is 8.08. The van der Waals surface area contributed by atoms with Crippen molar-refractivity contribution in [1.82, 2.24) is 4.98 Å². The molecule has 0 aliphatic heterocycles. The lowest BCUT2D eigenvalue weighted by Crippen LogP contribution is -2.14. The molecule has 0 aliphatic carbocycles. The summed E-state index contributed by atoms with van der Waals surface area (Å²) in [6.45, 7) is 6.70. The molecule has 1 aromatic rings. The van der Waals surface area contributed by atoms with Gasteiger partial charge in [-0.1, -0.05) is 26.8 Å². The lowest BCUT2D eigenvalue weighted by molar-refractivity contribution is 0.131. The summed E-state index contributed by atoms with van der Waals surface area (Å²) in [7, 11) is 0. The summed E-state index contributed by atoms with van der Waals surface area (Å²) >= 11 is 0. The first-order valence-corrected chi connectivity index (χ1v) is 6.65. The van der Waals surface area contributed by atoms with Crippen LogP contribution in [0.2, 0.25) is 0 Å². The molecular weight excluding hydrogens is 210 g/mol. The smallest absolute Gasteiger partial charge is 0.0546 e. The lowest BCUT2D eigenvalue weighted by Gasteiger charge is -2.18. The van der Waals surface area contributed by atoms with Gasteiger partial charge in [-0.2, -0.15) is 0 Å². The van der Waals surface area contributed by atoms with E-state index in [-0.39, 0.29) is 6.10 Å². The van der Waals surface area contributed by atoms with E-state index in [9.17, 15) is 5.11 Å². The third kappa shape index (κ3) is 6.42. The normalized spacial score (nSPS) is 14.9. The third-order valence-corrected chi connectivity index (χ3v) is 3.04. The molecule has 96 valence electrons. The number of hydrogen-bond donors (Lipinski definition) is 1. The van der Waals surface area contributed by atoms with Crippen molar-refractivity contribution < 1.29 is 5.11 Å². The standard InChI is InChI=1S/C15H25NO/c1-12(2)9-13(3)10-15(17)7-6-14-5-4-8-16-11-14/h4-5,8,11-13,15,17H,6-7,9-10H2,1-3H3. The van der Waals surface area contributed by atoms with Crippen LogP contribution in [0, 0.1) is 11.8 Å². The van der Waals surface area contributed by atoms with Crippen LogP contribution in [0.5, 0.6) is 0 Å². The Morgan fingerprint density at radius 1 is 1.24 bits per heavy atom. The van der Waals surface area contributed by atoms with Crippen LogP contribution >= 0.6 is 0 Å². The predicted octanol–water partition coefficient (Wildman–Crippen LogP) is 3.45. The maximum absolute atomic E-state index is 9.97. The van der Waals surface area contributed by atoms with Gasteiger partial charge in [0.1, 0.15) is 0 Å². The first kappa shape index (κ1) is 14.2. The van der Waals surface area contributed by atoms with E-state index < -0.39 is 0 Å². The maximum atomic E-state index is 9.97. The zero-order chi connectivity index (χ0) is 12.7. The molecule has 2 unspecified atom stereocenters. The fourth-order valence-corrected chi connectivity index (χ4v) is 2.36.